The predicted molar refractivity (Wildman–Crippen MR) is 64.7 cm³/mol. The van der Waals surface area contributed by atoms with Crippen LogP contribution in [0.4, 0.5) is 0 Å². The van der Waals surface area contributed by atoms with E-state index < -0.39 is 10.0 Å². The van der Waals surface area contributed by atoms with Crippen LogP contribution in [-0.2, 0) is 16.4 Å². The predicted octanol–water partition coefficient (Wildman–Crippen LogP) is 2.05. The molecule has 3 nitrogen and oxygen atoms in total. The molecular formula is C12H13NO2S. The van der Waals surface area contributed by atoms with Crippen molar-refractivity contribution in [3.05, 3.63) is 42.0 Å². The van der Waals surface area contributed by atoms with E-state index in [0.717, 1.165) is 17.4 Å². The van der Waals surface area contributed by atoms with E-state index in [2.05, 4.69) is 0 Å². The lowest BCUT2D eigenvalue weighted by Gasteiger charge is -2.07. The highest BCUT2D eigenvalue weighted by molar-refractivity contribution is 7.89. The largest absolute Gasteiger partial charge is 0.238 e. The lowest BCUT2D eigenvalue weighted by atomic mass is 10.0. The molecule has 16 heavy (non-hydrogen) atoms. The summed E-state index contributed by atoms with van der Waals surface area (Å²) in [5, 5.41) is 6.84. The van der Waals surface area contributed by atoms with E-state index >= 15 is 0 Å². The third kappa shape index (κ3) is 1.81. The van der Waals surface area contributed by atoms with Gasteiger partial charge in [0.05, 0.1) is 4.90 Å². The minimum atomic E-state index is -3.65. The Morgan fingerprint density at radius 3 is 2.31 bits per heavy atom. The van der Waals surface area contributed by atoms with Gasteiger partial charge in [0.1, 0.15) is 0 Å². The highest BCUT2D eigenvalue weighted by atomic mass is 32.2. The molecule has 0 amide bonds. The second-order valence-corrected chi connectivity index (χ2v) is 5.20. The molecule has 0 heterocycles. The normalized spacial score (nSPS) is 11.9. The number of rotatable bonds is 2. The molecule has 0 bridgehead atoms. The van der Waals surface area contributed by atoms with E-state index in [-0.39, 0.29) is 4.90 Å². The van der Waals surface area contributed by atoms with Crippen molar-refractivity contribution in [3.63, 3.8) is 0 Å². The fraction of sp³-hybridized carbons (Fsp3) is 0.167. The summed E-state index contributed by atoms with van der Waals surface area (Å²) in [6.45, 7) is 2.04. The number of nitrogens with two attached hydrogens (primary N) is 1. The van der Waals surface area contributed by atoms with Gasteiger partial charge in [0.2, 0.25) is 10.0 Å². The van der Waals surface area contributed by atoms with Crippen molar-refractivity contribution in [3.8, 4) is 0 Å². The van der Waals surface area contributed by atoms with E-state index in [1.54, 1.807) is 12.1 Å². The van der Waals surface area contributed by atoms with Crippen LogP contribution in [0.25, 0.3) is 10.8 Å². The fourth-order valence-corrected chi connectivity index (χ4v) is 2.66. The van der Waals surface area contributed by atoms with Gasteiger partial charge in [0.25, 0.3) is 0 Å². The van der Waals surface area contributed by atoms with E-state index in [0.29, 0.717) is 5.39 Å². The van der Waals surface area contributed by atoms with Crippen LogP contribution in [0.15, 0.2) is 41.3 Å². The molecule has 0 fully saturated rings. The summed E-state index contributed by atoms with van der Waals surface area (Å²) in [5.74, 6) is 0. The first-order valence-corrected chi connectivity index (χ1v) is 6.62. The number of hydrogen-bond acceptors (Lipinski definition) is 2. The number of primary sulfonamides is 1. The smallest absolute Gasteiger partial charge is 0.225 e. The van der Waals surface area contributed by atoms with E-state index in [1.807, 2.05) is 25.1 Å². The van der Waals surface area contributed by atoms with Crippen LogP contribution in [0.5, 0.6) is 0 Å². The Labute approximate surface area is 94.9 Å². The van der Waals surface area contributed by atoms with E-state index in [1.165, 1.54) is 6.07 Å². The summed E-state index contributed by atoms with van der Waals surface area (Å²) in [7, 11) is -3.65. The van der Waals surface area contributed by atoms with E-state index in [9.17, 15) is 8.42 Å². The first-order chi connectivity index (χ1) is 7.54. The Morgan fingerprint density at radius 1 is 1.06 bits per heavy atom. The van der Waals surface area contributed by atoms with Gasteiger partial charge in [-0.1, -0.05) is 37.3 Å². The van der Waals surface area contributed by atoms with Gasteiger partial charge in [0, 0.05) is 5.39 Å². The maximum absolute atomic E-state index is 11.4. The standard InChI is InChI=1S/C12H13NO2S/c1-2-9-5-3-7-11-10(9)6-4-8-12(11)16(13,14)15/h3-8H,2H2,1H3,(H2,13,14,15). The van der Waals surface area contributed by atoms with Gasteiger partial charge in [-0.3, -0.25) is 0 Å². The first kappa shape index (κ1) is 11.1. The Morgan fingerprint density at radius 2 is 1.69 bits per heavy atom. The van der Waals surface area contributed by atoms with Crippen LogP contribution < -0.4 is 5.14 Å². The molecule has 84 valence electrons. The summed E-state index contributed by atoms with van der Waals surface area (Å²) < 4.78 is 22.8. The van der Waals surface area contributed by atoms with Crippen LogP contribution in [-0.4, -0.2) is 8.42 Å². The van der Waals surface area contributed by atoms with Gasteiger partial charge >= 0.3 is 0 Å². The van der Waals surface area contributed by atoms with Gasteiger partial charge in [-0.15, -0.1) is 0 Å². The summed E-state index contributed by atoms with van der Waals surface area (Å²) in [6, 6.07) is 10.8. The minimum absolute atomic E-state index is 0.195. The third-order valence-electron chi connectivity index (χ3n) is 2.66. The molecule has 0 saturated heterocycles. The molecule has 0 aromatic heterocycles. The number of aryl methyl sites for hydroxylation is 1. The fourth-order valence-electron chi connectivity index (χ4n) is 1.90. The highest BCUT2D eigenvalue weighted by Gasteiger charge is 2.12. The molecule has 0 unspecified atom stereocenters. The van der Waals surface area contributed by atoms with Crippen molar-refractivity contribution in [2.45, 2.75) is 18.2 Å². The van der Waals surface area contributed by atoms with Gasteiger partial charge in [0.15, 0.2) is 0 Å². The van der Waals surface area contributed by atoms with Gasteiger partial charge in [-0.2, -0.15) is 0 Å². The molecule has 0 saturated carbocycles. The number of fused-ring (bicyclic) bond motifs is 1. The Bertz CT molecular complexity index is 633. The first-order valence-electron chi connectivity index (χ1n) is 5.07. The molecule has 0 aliphatic carbocycles. The monoisotopic (exact) mass is 235 g/mol. The zero-order chi connectivity index (χ0) is 11.8. The van der Waals surface area contributed by atoms with Crippen LogP contribution >= 0.6 is 0 Å². The second-order valence-electron chi connectivity index (χ2n) is 3.67. The number of sulfonamides is 1. The molecule has 0 spiro atoms. The van der Waals surface area contributed by atoms with Crippen LogP contribution in [0.2, 0.25) is 0 Å². The Kier molecular flexibility index (Phi) is 2.69. The lowest BCUT2D eigenvalue weighted by Crippen LogP contribution is -2.12. The minimum Gasteiger partial charge on any atom is -0.225 e. The van der Waals surface area contributed by atoms with E-state index in [4.69, 9.17) is 5.14 Å². The molecule has 2 N–H and O–H groups in total. The van der Waals surface area contributed by atoms with Crippen molar-refractivity contribution in [2.24, 2.45) is 5.14 Å². The average Bonchev–Trinajstić information content (AvgIpc) is 2.26. The van der Waals surface area contributed by atoms with Crippen LogP contribution in [0.3, 0.4) is 0 Å². The molecule has 0 atom stereocenters. The zero-order valence-corrected chi connectivity index (χ0v) is 9.79. The molecule has 0 radical (unpaired) electrons. The van der Waals surface area contributed by atoms with Crippen molar-refractivity contribution in [1.29, 1.82) is 0 Å². The molecule has 2 aromatic carbocycles. The van der Waals surface area contributed by atoms with Gasteiger partial charge in [-0.05, 0) is 23.4 Å². The Balaban J connectivity index is 2.90. The number of benzene rings is 2. The molecule has 0 aliphatic rings. The van der Waals surface area contributed by atoms with Crippen molar-refractivity contribution in [2.75, 3.05) is 0 Å². The SMILES string of the molecule is CCc1cccc2c(S(N)(=O)=O)cccc12. The van der Waals surface area contributed by atoms with Crippen molar-refractivity contribution >= 4 is 20.8 Å². The third-order valence-corrected chi connectivity index (χ3v) is 3.63. The molecule has 4 heteroatoms. The second kappa shape index (κ2) is 3.88. The maximum Gasteiger partial charge on any atom is 0.238 e. The maximum atomic E-state index is 11.4. The summed E-state index contributed by atoms with van der Waals surface area (Å²) >= 11 is 0. The molecular weight excluding hydrogens is 222 g/mol. The summed E-state index contributed by atoms with van der Waals surface area (Å²) in [4.78, 5) is 0.195. The molecule has 2 rings (SSSR count). The zero-order valence-electron chi connectivity index (χ0n) is 8.97. The molecule has 2 aromatic rings. The molecule has 0 aliphatic heterocycles. The number of hydrogen-bond donors (Lipinski definition) is 1. The van der Waals surface area contributed by atoms with Crippen molar-refractivity contribution < 1.29 is 8.42 Å². The summed E-state index contributed by atoms with van der Waals surface area (Å²) in [6.07, 6.45) is 0.866. The van der Waals surface area contributed by atoms with Crippen LogP contribution in [0, 0.1) is 0 Å². The quantitative estimate of drug-likeness (QED) is 0.866. The van der Waals surface area contributed by atoms with Crippen LogP contribution in [0.1, 0.15) is 12.5 Å². The van der Waals surface area contributed by atoms with Crippen molar-refractivity contribution in [1.82, 2.24) is 0 Å². The lowest BCUT2D eigenvalue weighted by molar-refractivity contribution is 0.598. The highest BCUT2D eigenvalue weighted by Crippen LogP contribution is 2.25. The average molecular weight is 235 g/mol. The van der Waals surface area contributed by atoms with Gasteiger partial charge < -0.3 is 0 Å². The Hall–Kier alpha value is -1.39. The topological polar surface area (TPSA) is 60.2 Å². The van der Waals surface area contributed by atoms with Gasteiger partial charge in [-0.25, -0.2) is 13.6 Å². The summed E-state index contributed by atoms with van der Waals surface area (Å²) in [5.41, 5.74) is 1.13.